The van der Waals surface area contributed by atoms with Crippen molar-refractivity contribution < 1.29 is 82.8 Å². The largest absolute Gasteiger partial charge is 1.00 e. The summed E-state index contributed by atoms with van der Waals surface area (Å²) < 4.78 is 37.5. The number of unbranched alkanes of at least 4 members (excludes halogenated alkanes) is 2. The summed E-state index contributed by atoms with van der Waals surface area (Å²) in [5.74, 6) is 2.44. The fraction of sp³-hybridized carbons (Fsp3) is 0.550. The van der Waals surface area contributed by atoms with Gasteiger partial charge < -0.3 is 35.7 Å². The quantitative estimate of drug-likeness (QED) is 0.0516. The van der Waals surface area contributed by atoms with Crippen LogP contribution in [0.4, 0.5) is 0 Å². The molecule has 0 aliphatic carbocycles. The van der Waals surface area contributed by atoms with Crippen LogP contribution in [0.25, 0.3) is 0 Å². The Hall–Kier alpha value is -1.94. The Bertz CT molecular complexity index is 1340. The molecule has 3 aromatic rings. The van der Waals surface area contributed by atoms with Crippen molar-refractivity contribution >= 4 is 22.0 Å². The monoisotopic (exact) mass is 814 g/mol. The predicted octanol–water partition coefficient (Wildman–Crippen LogP) is 5.62. The molecule has 0 bridgehead atoms. The molecule has 0 heterocycles. The van der Waals surface area contributed by atoms with Gasteiger partial charge in [0.05, 0.1) is 19.8 Å². The van der Waals surface area contributed by atoms with Crippen molar-refractivity contribution in [1.82, 2.24) is 0 Å². The molecular weight excluding hydrogens is 747 g/mol. The number of hydrogen-bond donors (Lipinski definition) is 7. The summed E-state index contributed by atoms with van der Waals surface area (Å²) >= 11 is 5.30. The Labute approximate surface area is 353 Å². The fourth-order valence-electron chi connectivity index (χ4n) is 4.74. The summed E-state index contributed by atoms with van der Waals surface area (Å²) in [6, 6.07) is 12.0. The smallest absolute Gasteiger partial charge is 0.870 e. The van der Waals surface area contributed by atoms with Crippen LogP contribution in [0.5, 0.6) is 17.2 Å². The number of aliphatic hydroxyl groups is 3. The van der Waals surface area contributed by atoms with Crippen LogP contribution in [0.1, 0.15) is 117 Å². The minimum absolute atomic E-state index is 0. The molecule has 11 nitrogen and oxygen atoms in total. The van der Waals surface area contributed by atoms with E-state index in [1.54, 1.807) is 12.1 Å². The molecule has 0 saturated heterocycles. The van der Waals surface area contributed by atoms with Crippen molar-refractivity contribution in [1.29, 1.82) is 0 Å². The first kappa shape index (κ1) is 61.3. The van der Waals surface area contributed by atoms with E-state index in [1.165, 1.54) is 35.1 Å². The summed E-state index contributed by atoms with van der Waals surface area (Å²) in [4.78, 5) is 0. The van der Waals surface area contributed by atoms with Crippen LogP contribution in [-0.4, -0.2) is 68.1 Å². The summed E-state index contributed by atoms with van der Waals surface area (Å²) in [7, 11) is -3.67. The third-order valence-electron chi connectivity index (χ3n) is 7.31. The number of aromatic hydroxyl groups is 2. The number of halogens is 1. The molecular formula is C40H68ClNaO11S. The zero-order valence-electron chi connectivity index (χ0n) is 34.5. The Morgan fingerprint density at radius 3 is 1.11 bits per heavy atom. The van der Waals surface area contributed by atoms with E-state index in [9.17, 15) is 10.2 Å². The minimum atomic E-state index is -4.67. The van der Waals surface area contributed by atoms with Gasteiger partial charge in [0.1, 0.15) is 17.2 Å². The van der Waals surface area contributed by atoms with Crippen molar-refractivity contribution in [3.63, 3.8) is 0 Å². The van der Waals surface area contributed by atoms with Crippen LogP contribution in [0, 0.1) is 20.8 Å². The fourth-order valence-corrected chi connectivity index (χ4v) is 5.01. The van der Waals surface area contributed by atoms with Gasteiger partial charge in [-0.05, 0) is 81.5 Å². The summed E-state index contributed by atoms with van der Waals surface area (Å²) in [5.41, 5.74) is 9.25. The number of phenolic OH excluding ortho intramolecular Hbond substituents is 1. The molecule has 8 N–H and O–H groups in total. The van der Waals surface area contributed by atoms with Gasteiger partial charge in [-0.15, -0.1) is 11.6 Å². The van der Waals surface area contributed by atoms with Gasteiger partial charge in [-0.2, -0.15) is 8.42 Å². The second-order valence-electron chi connectivity index (χ2n) is 11.7. The molecule has 0 aliphatic heterocycles. The molecule has 3 aromatic carbocycles. The number of hydrogen-bond acceptors (Lipinski definition) is 9. The van der Waals surface area contributed by atoms with Crippen LogP contribution in [0.3, 0.4) is 0 Å². The second kappa shape index (κ2) is 36.7. The Kier molecular flexibility index (Phi) is 41.6. The van der Waals surface area contributed by atoms with Crippen LogP contribution < -0.4 is 34.3 Å². The first-order valence-electron chi connectivity index (χ1n) is 17.8. The van der Waals surface area contributed by atoms with E-state index in [2.05, 4.69) is 79.7 Å². The maximum atomic E-state index is 9.71. The molecule has 0 spiro atoms. The van der Waals surface area contributed by atoms with E-state index < -0.39 is 10.4 Å². The van der Waals surface area contributed by atoms with E-state index in [0.29, 0.717) is 16.9 Å². The number of benzene rings is 3. The molecule has 14 heteroatoms. The predicted molar refractivity (Wildman–Crippen MR) is 217 cm³/mol. The van der Waals surface area contributed by atoms with Gasteiger partial charge in [0.25, 0.3) is 0 Å². The molecule has 308 valence electrons. The number of rotatable bonds is 12. The Balaban J connectivity index is -0.000000192. The molecule has 0 radical (unpaired) electrons. The maximum absolute atomic E-state index is 9.71. The molecule has 0 saturated carbocycles. The summed E-state index contributed by atoms with van der Waals surface area (Å²) in [5, 5.41) is 43.7. The first-order valence-corrected chi connectivity index (χ1v) is 19.7. The molecule has 0 amide bonds. The second-order valence-corrected chi connectivity index (χ2v) is 13.0. The number of ether oxygens (including phenoxy) is 1. The zero-order chi connectivity index (χ0) is 40.9. The average Bonchev–Trinajstić information content (AvgIpc) is 3.11. The van der Waals surface area contributed by atoms with Crippen LogP contribution in [0.2, 0.25) is 0 Å². The van der Waals surface area contributed by atoms with E-state index in [1.807, 2.05) is 6.92 Å². The van der Waals surface area contributed by atoms with Gasteiger partial charge in [0.2, 0.25) is 0 Å². The normalized spacial score (nSPS) is 9.63. The van der Waals surface area contributed by atoms with E-state index in [0.717, 1.165) is 80.6 Å². The van der Waals surface area contributed by atoms with Crippen molar-refractivity contribution in [2.24, 2.45) is 0 Å². The molecule has 54 heavy (non-hydrogen) atoms. The number of aliphatic hydroxyl groups excluding tert-OH is 3. The third-order valence-corrected chi connectivity index (χ3v) is 7.57. The van der Waals surface area contributed by atoms with E-state index >= 15 is 0 Å². The van der Waals surface area contributed by atoms with Crippen LogP contribution in [0.15, 0.2) is 36.4 Å². The first-order chi connectivity index (χ1) is 24.5. The van der Waals surface area contributed by atoms with Crippen molar-refractivity contribution in [3.05, 3.63) is 86.5 Å². The van der Waals surface area contributed by atoms with Gasteiger partial charge in [0.15, 0.2) is 0 Å². The van der Waals surface area contributed by atoms with Crippen LogP contribution >= 0.6 is 11.6 Å². The number of aryl methyl sites for hydroxylation is 7. The van der Waals surface area contributed by atoms with Gasteiger partial charge >= 0.3 is 40.0 Å². The van der Waals surface area contributed by atoms with Gasteiger partial charge in [-0.1, -0.05) is 107 Å². The number of alkyl halides is 1. The molecule has 0 unspecified atom stereocenters. The molecule has 0 fully saturated rings. The SMILES string of the molecule is CCCCCl.CCCCOc1c(CC)cc(C)cc1CC.CCc1cc(C)cc(CC)c1O.CO.Cc1cc(CO)c(O)c(CO)c1.O=S(=O)(O)O.[Na+].[OH-]. The topological polar surface area (TPSA) is 215 Å². The Morgan fingerprint density at radius 1 is 0.593 bits per heavy atom. The summed E-state index contributed by atoms with van der Waals surface area (Å²) in [6.45, 7) is 19.3. The van der Waals surface area contributed by atoms with Gasteiger partial charge in [0, 0.05) is 24.1 Å². The van der Waals surface area contributed by atoms with Crippen molar-refractivity contribution in [2.75, 3.05) is 19.6 Å². The van der Waals surface area contributed by atoms with Crippen molar-refractivity contribution in [2.45, 2.75) is 127 Å². The molecule has 3 rings (SSSR count). The van der Waals surface area contributed by atoms with E-state index in [-0.39, 0.29) is 54.0 Å². The molecule has 0 aromatic heterocycles. The minimum Gasteiger partial charge on any atom is -0.870 e. The number of phenols is 2. The zero-order valence-corrected chi connectivity index (χ0v) is 38.1. The molecule has 0 aliphatic rings. The molecule has 0 atom stereocenters. The van der Waals surface area contributed by atoms with Crippen molar-refractivity contribution in [3.8, 4) is 17.2 Å². The van der Waals surface area contributed by atoms with E-state index in [4.69, 9.17) is 49.2 Å². The third kappa shape index (κ3) is 28.5. The summed E-state index contributed by atoms with van der Waals surface area (Å²) in [6.07, 6.45) is 8.60. The average molecular weight is 815 g/mol. The maximum Gasteiger partial charge on any atom is 1.00 e. The standard InChI is InChI=1S/C15H24O.C11H16O.C9H12O3.C4H9Cl.CH4O.Na.H2O4S.H2O/c1-5-8-9-16-15-13(6-2)10-12(4)11-14(15)7-3;1-4-9-6-8(3)7-10(5-2)11(9)12;1-6-2-7(4-10)9(12)8(3-6)5-11;1-2-3-4-5;1-2;;1-5(2,3)4;/h10-11H,5-9H2,1-4H3;6-7,12H,4-5H2,1-3H3;2-3,10-12H,4-5H2,1H3;2-4H2,1H3;2H,1H3;;(H2,1,2,3,4);1H2/q;;;;;+1;;/p-1. The Morgan fingerprint density at radius 2 is 0.870 bits per heavy atom. The van der Waals surface area contributed by atoms with Gasteiger partial charge in [-0.25, -0.2) is 0 Å². The van der Waals surface area contributed by atoms with Crippen LogP contribution in [-0.2, 0) is 49.3 Å². The van der Waals surface area contributed by atoms with Gasteiger partial charge in [-0.3, -0.25) is 9.11 Å².